The molecule has 1 N–H and O–H groups in total. The summed E-state index contributed by atoms with van der Waals surface area (Å²) in [5, 5.41) is 4.55. The zero-order chi connectivity index (χ0) is 15.0. The predicted octanol–water partition coefficient (Wildman–Crippen LogP) is 2.78. The summed E-state index contributed by atoms with van der Waals surface area (Å²) in [6.45, 7) is 9.76. The SMILES string of the molecule is C=CCCCN(C)C(=NC)NCCc1sc(C)nc1C. The van der Waals surface area contributed by atoms with Gasteiger partial charge < -0.3 is 10.2 Å². The topological polar surface area (TPSA) is 40.5 Å². The molecule has 0 aliphatic heterocycles. The van der Waals surface area contributed by atoms with Crippen molar-refractivity contribution in [3.63, 3.8) is 0 Å². The highest BCUT2D eigenvalue weighted by Crippen LogP contribution is 2.17. The van der Waals surface area contributed by atoms with Gasteiger partial charge in [-0.3, -0.25) is 4.99 Å². The number of hydrogen-bond acceptors (Lipinski definition) is 3. The van der Waals surface area contributed by atoms with Crippen molar-refractivity contribution in [2.45, 2.75) is 33.1 Å². The van der Waals surface area contributed by atoms with Crippen molar-refractivity contribution in [2.24, 2.45) is 4.99 Å². The molecule has 20 heavy (non-hydrogen) atoms. The molecule has 112 valence electrons. The van der Waals surface area contributed by atoms with E-state index in [1.165, 1.54) is 4.88 Å². The molecule has 5 heteroatoms. The molecule has 0 radical (unpaired) electrons. The summed E-state index contributed by atoms with van der Waals surface area (Å²) >= 11 is 1.78. The molecule has 1 aromatic heterocycles. The van der Waals surface area contributed by atoms with E-state index in [9.17, 15) is 0 Å². The van der Waals surface area contributed by atoms with Crippen LogP contribution in [0.25, 0.3) is 0 Å². The van der Waals surface area contributed by atoms with Crippen LogP contribution in [0.4, 0.5) is 0 Å². The van der Waals surface area contributed by atoms with Crippen molar-refractivity contribution < 1.29 is 0 Å². The third-order valence-electron chi connectivity index (χ3n) is 3.11. The van der Waals surface area contributed by atoms with Crippen LogP contribution in [0.5, 0.6) is 0 Å². The fourth-order valence-corrected chi connectivity index (χ4v) is 2.99. The Balaban J connectivity index is 2.38. The Morgan fingerprint density at radius 1 is 1.50 bits per heavy atom. The maximum atomic E-state index is 4.45. The molecule has 1 rings (SSSR count). The number of aryl methyl sites for hydroxylation is 2. The summed E-state index contributed by atoms with van der Waals surface area (Å²) in [5.74, 6) is 0.952. The number of unbranched alkanes of at least 4 members (excludes halogenated alkanes) is 1. The van der Waals surface area contributed by atoms with Gasteiger partial charge in [0.25, 0.3) is 0 Å². The van der Waals surface area contributed by atoms with E-state index in [0.717, 1.165) is 49.0 Å². The molecule has 1 aromatic rings. The molecule has 0 saturated carbocycles. The highest BCUT2D eigenvalue weighted by Gasteiger charge is 2.07. The standard InChI is InChI=1S/C15H26N4S/c1-6-7-8-11-19(5)15(16-4)17-10-9-14-12(2)18-13(3)20-14/h6H,1,7-11H2,2-5H3,(H,16,17). The molecule has 0 spiro atoms. The molecule has 0 fully saturated rings. The van der Waals surface area contributed by atoms with E-state index in [-0.39, 0.29) is 0 Å². The van der Waals surface area contributed by atoms with Crippen LogP contribution in [-0.2, 0) is 6.42 Å². The van der Waals surface area contributed by atoms with Crippen molar-refractivity contribution in [1.82, 2.24) is 15.2 Å². The largest absolute Gasteiger partial charge is 0.356 e. The highest BCUT2D eigenvalue weighted by molar-refractivity contribution is 7.11. The van der Waals surface area contributed by atoms with Crippen LogP contribution in [0.2, 0.25) is 0 Å². The molecular formula is C15H26N4S. The van der Waals surface area contributed by atoms with Crippen molar-refractivity contribution in [3.8, 4) is 0 Å². The molecule has 0 unspecified atom stereocenters. The van der Waals surface area contributed by atoms with E-state index in [1.807, 2.05) is 13.1 Å². The van der Waals surface area contributed by atoms with Crippen LogP contribution >= 0.6 is 11.3 Å². The molecule has 0 atom stereocenters. The van der Waals surface area contributed by atoms with Gasteiger partial charge in [0.15, 0.2) is 5.96 Å². The minimum atomic E-state index is 0.890. The summed E-state index contributed by atoms with van der Waals surface area (Å²) in [6, 6.07) is 0. The maximum Gasteiger partial charge on any atom is 0.193 e. The van der Waals surface area contributed by atoms with Gasteiger partial charge in [-0.15, -0.1) is 17.9 Å². The first-order chi connectivity index (χ1) is 9.58. The normalized spacial score (nSPS) is 11.5. The second-order valence-corrected chi connectivity index (χ2v) is 6.11. The van der Waals surface area contributed by atoms with Gasteiger partial charge >= 0.3 is 0 Å². The van der Waals surface area contributed by atoms with Crippen molar-refractivity contribution in [3.05, 3.63) is 28.2 Å². The Morgan fingerprint density at radius 2 is 2.25 bits per heavy atom. The van der Waals surface area contributed by atoms with Gasteiger partial charge in [0.2, 0.25) is 0 Å². The summed E-state index contributed by atoms with van der Waals surface area (Å²) in [4.78, 5) is 12.3. The average molecular weight is 294 g/mol. The molecule has 1 heterocycles. The van der Waals surface area contributed by atoms with Crippen LogP contribution in [0, 0.1) is 13.8 Å². The molecule has 0 aromatic carbocycles. The fourth-order valence-electron chi connectivity index (χ4n) is 2.06. The number of thiazole rings is 1. The Kier molecular flexibility index (Phi) is 7.30. The number of hydrogen-bond donors (Lipinski definition) is 1. The number of aliphatic imine (C=N–C) groups is 1. The van der Waals surface area contributed by atoms with Gasteiger partial charge in [-0.1, -0.05) is 6.08 Å². The van der Waals surface area contributed by atoms with Crippen LogP contribution in [0.1, 0.15) is 28.4 Å². The van der Waals surface area contributed by atoms with E-state index in [0.29, 0.717) is 0 Å². The number of rotatable bonds is 7. The molecule has 0 aliphatic carbocycles. The molecule has 0 saturated heterocycles. The molecular weight excluding hydrogens is 268 g/mol. The lowest BCUT2D eigenvalue weighted by atomic mass is 10.3. The lowest BCUT2D eigenvalue weighted by molar-refractivity contribution is 0.470. The lowest BCUT2D eigenvalue weighted by Gasteiger charge is -2.21. The summed E-state index contributed by atoms with van der Waals surface area (Å²) in [6.07, 6.45) is 5.10. The average Bonchev–Trinajstić information content (AvgIpc) is 2.73. The zero-order valence-electron chi connectivity index (χ0n) is 13.1. The Labute approximate surface area is 126 Å². The first kappa shape index (κ1) is 16.7. The van der Waals surface area contributed by atoms with E-state index in [2.05, 4.69) is 47.7 Å². The highest BCUT2D eigenvalue weighted by atomic mass is 32.1. The number of allylic oxidation sites excluding steroid dienone is 1. The first-order valence-corrected chi connectivity index (χ1v) is 7.85. The lowest BCUT2D eigenvalue weighted by Crippen LogP contribution is -2.40. The van der Waals surface area contributed by atoms with Crippen molar-refractivity contribution in [1.29, 1.82) is 0 Å². The zero-order valence-corrected chi connectivity index (χ0v) is 13.9. The van der Waals surface area contributed by atoms with Gasteiger partial charge in [-0.05, 0) is 26.7 Å². The van der Waals surface area contributed by atoms with Gasteiger partial charge in [-0.25, -0.2) is 4.98 Å². The summed E-state index contributed by atoms with van der Waals surface area (Å²) in [7, 11) is 3.90. The molecule has 0 amide bonds. The Hall–Kier alpha value is -1.36. The minimum Gasteiger partial charge on any atom is -0.356 e. The maximum absolute atomic E-state index is 4.45. The van der Waals surface area contributed by atoms with Crippen molar-refractivity contribution >= 4 is 17.3 Å². The van der Waals surface area contributed by atoms with Crippen LogP contribution in [0.3, 0.4) is 0 Å². The first-order valence-electron chi connectivity index (χ1n) is 7.04. The van der Waals surface area contributed by atoms with Crippen LogP contribution in [-0.4, -0.2) is 43.0 Å². The summed E-state index contributed by atoms with van der Waals surface area (Å²) < 4.78 is 0. The fraction of sp³-hybridized carbons (Fsp3) is 0.600. The monoisotopic (exact) mass is 294 g/mol. The number of nitrogens with zero attached hydrogens (tertiary/aromatic N) is 3. The van der Waals surface area contributed by atoms with Crippen LogP contribution in [0.15, 0.2) is 17.6 Å². The van der Waals surface area contributed by atoms with E-state index >= 15 is 0 Å². The Morgan fingerprint density at radius 3 is 2.80 bits per heavy atom. The summed E-state index contributed by atoms with van der Waals surface area (Å²) in [5.41, 5.74) is 1.16. The second-order valence-electron chi connectivity index (χ2n) is 4.82. The van der Waals surface area contributed by atoms with E-state index in [4.69, 9.17) is 0 Å². The quantitative estimate of drug-likeness (QED) is 0.364. The smallest absolute Gasteiger partial charge is 0.193 e. The Bertz CT molecular complexity index is 451. The number of nitrogens with one attached hydrogen (secondary N) is 1. The molecule has 0 bridgehead atoms. The van der Waals surface area contributed by atoms with Gasteiger partial charge in [-0.2, -0.15) is 0 Å². The number of aromatic nitrogens is 1. The van der Waals surface area contributed by atoms with Gasteiger partial charge in [0, 0.05) is 38.5 Å². The van der Waals surface area contributed by atoms with E-state index < -0.39 is 0 Å². The van der Waals surface area contributed by atoms with E-state index in [1.54, 1.807) is 11.3 Å². The van der Waals surface area contributed by atoms with Crippen LogP contribution < -0.4 is 5.32 Å². The number of guanidine groups is 1. The van der Waals surface area contributed by atoms with Crippen molar-refractivity contribution in [2.75, 3.05) is 27.2 Å². The van der Waals surface area contributed by atoms with Gasteiger partial charge in [0.1, 0.15) is 0 Å². The molecule has 0 aliphatic rings. The minimum absolute atomic E-state index is 0.890. The predicted molar refractivity (Wildman–Crippen MR) is 88.7 cm³/mol. The second kappa shape index (κ2) is 8.74. The third-order valence-corrected chi connectivity index (χ3v) is 4.24. The van der Waals surface area contributed by atoms with Gasteiger partial charge in [0.05, 0.1) is 10.7 Å². The third kappa shape index (κ3) is 5.33. The molecule has 4 nitrogen and oxygen atoms in total.